The fourth-order valence-electron chi connectivity index (χ4n) is 1.81. The van der Waals surface area contributed by atoms with E-state index in [4.69, 9.17) is 28.6 Å². The van der Waals surface area contributed by atoms with Crippen LogP contribution >= 0.6 is 23.8 Å². The third-order valence-electron chi connectivity index (χ3n) is 2.96. The molecule has 110 valence electrons. The third-order valence-corrected chi connectivity index (χ3v) is 3.59. The fraction of sp³-hybridized carbons (Fsp3) is 0.235. The van der Waals surface area contributed by atoms with Gasteiger partial charge >= 0.3 is 0 Å². The summed E-state index contributed by atoms with van der Waals surface area (Å²) in [5.74, 6) is 0.876. The van der Waals surface area contributed by atoms with Gasteiger partial charge in [-0.25, -0.2) is 0 Å². The van der Waals surface area contributed by atoms with Crippen LogP contribution in [0, 0.1) is 0 Å². The Morgan fingerprint density at radius 2 is 1.76 bits per heavy atom. The molecule has 0 saturated carbocycles. The maximum absolute atomic E-state index is 5.86. The molecule has 0 heterocycles. The number of rotatable bonds is 6. The van der Waals surface area contributed by atoms with E-state index in [1.807, 2.05) is 48.5 Å². The molecule has 0 saturated heterocycles. The van der Waals surface area contributed by atoms with Crippen LogP contribution in [0.1, 0.15) is 24.5 Å². The highest BCUT2D eigenvalue weighted by atomic mass is 35.5. The van der Waals surface area contributed by atoms with Crippen LogP contribution < -0.4 is 10.1 Å². The quantitative estimate of drug-likeness (QED) is 0.787. The average molecular weight is 320 g/mol. The largest absolute Gasteiger partial charge is 0.494 e. The molecule has 0 aliphatic heterocycles. The Bertz CT molecular complexity index is 581. The lowest BCUT2D eigenvalue weighted by Gasteiger charge is -2.09. The summed E-state index contributed by atoms with van der Waals surface area (Å²) in [5.41, 5.74) is 2.13. The van der Waals surface area contributed by atoms with Crippen LogP contribution in [0.2, 0.25) is 5.02 Å². The van der Waals surface area contributed by atoms with Crippen molar-refractivity contribution in [3.63, 3.8) is 0 Å². The molecule has 2 aromatic carbocycles. The molecule has 4 heteroatoms. The number of hydrogen-bond donors (Lipinski definition) is 1. The van der Waals surface area contributed by atoms with Gasteiger partial charge in [0.2, 0.25) is 0 Å². The van der Waals surface area contributed by atoms with Crippen LogP contribution in [0.15, 0.2) is 48.5 Å². The van der Waals surface area contributed by atoms with Crippen molar-refractivity contribution in [2.75, 3.05) is 6.61 Å². The summed E-state index contributed by atoms with van der Waals surface area (Å²) in [7, 11) is 0. The van der Waals surface area contributed by atoms with Crippen molar-refractivity contribution < 1.29 is 4.74 Å². The van der Waals surface area contributed by atoms with Crippen LogP contribution in [-0.4, -0.2) is 11.6 Å². The van der Waals surface area contributed by atoms with E-state index in [0.717, 1.165) is 39.9 Å². The number of halogens is 1. The normalized spacial score (nSPS) is 10.2. The highest BCUT2D eigenvalue weighted by molar-refractivity contribution is 7.80. The molecule has 0 radical (unpaired) electrons. The van der Waals surface area contributed by atoms with Gasteiger partial charge in [0.05, 0.1) is 6.61 Å². The summed E-state index contributed by atoms with van der Waals surface area (Å²) >= 11 is 11.3. The van der Waals surface area contributed by atoms with E-state index in [2.05, 4.69) is 12.2 Å². The first-order valence-corrected chi connectivity index (χ1v) is 7.73. The summed E-state index contributed by atoms with van der Waals surface area (Å²) in [6, 6.07) is 15.6. The predicted octanol–water partition coefficient (Wildman–Crippen LogP) is 4.59. The van der Waals surface area contributed by atoms with E-state index >= 15 is 0 Å². The summed E-state index contributed by atoms with van der Waals surface area (Å²) in [4.78, 5) is 0.729. The van der Waals surface area contributed by atoms with Crippen LogP contribution in [0.25, 0.3) is 0 Å². The molecular formula is C17H18ClNOS. The van der Waals surface area contributed by atoms with E-state index < -0.39 is 0 Å². The van der Waals surface area contributed by atoms with Crippen molar-refractivity contribution in [3.8, 4) is 5.75 Å². The molecule has 0 aromatic heterocycles. The second kappa shape index (κ2) is 8.01. The molecule has 2 nitrogen and oxygen atoms in total. The van der Waals surface area contributed by atoms with Crippen LogP contribution in [-0.2, 0) is 6.54 Å². The highest BCUT2D eigenvalue weighted by Crippen LogP contribution is 2.13. The zero-order valence-corrected chi connectivity index (χ0v) is 13.5. The molecule has 0 atom stereocenters. The van der Waals surface area contributed by atoms with Crippen LogP contribution in [0.3, 0.4) is 0 Å². The summed E-state index contributed by atoms with van der Waals surface area (Å²) in [5, 5.41) is 3.98. The van der Waals surface area contributed by atoms with Crippen molar-refractivity contribution in [1.29, 1.82) is 0 Å². The lowest BCUT2D eigenvalue weighted by Crippen LogP contribution is -2.21. The van der Waals surface area contributed by atoms with Crippen molar-refractivity contribution in [3.05, 3.63) is 64.7 Å². The minimum absolute atomic E-state index is 0.685. The van der Waals surface area contributed by atoms with E-state index in [-0.39, 0.29) is 0 Å². The predicted molar refractivity (Wildman–Crippen MR) is 92.2 cm³/mol. The van der Waals surface area contributed by atoms with Gasteiger partial charge in [0.1, 0.15) is 10.7 Å². The van der Waals surface area contributed by atoms with Gasteiger partial charge in [0, 0.05) is 17.1 Å². The summed E-state index contributed by atoms with van der Waals surface area (Å²) in [6.45, 7) is 3.51. The van der Waals surface area contributed by atoms with Crippen LogP contribution in [0.4, 0.5) is 0 Å². The van der Waals surface area contributed by atoms with Crippen molar-refractivity contribution >= 4 is 28.8 Å². The second-order valence-corrected chi connectivity index (χ2v) is 5.53. The van der Waals surface area contributed by atoms with Gasteiger partial charge in [-0.1, -0.05) is 42.9 Å². The number of hydrogen-bond acceptors (Lipinski definition) is 2. The van der Waals surface area contributed by atoms with Crippen molar-refractivity contribution in [2.45, 2.75) is 19.9 Å². The van der Waals surface area contributed by atoms with Gasteiger partial charge in [0.25, 0.3) is 0 Å². The lowest BCUT2D eigenvalue weighted by atomic mass is 10.2. The number of benzene rings is 2. The maximum atomic E-state index is 5.86. The Kier molecular flexibility index (Phi) is 6.03. The molecular weight excluding hydrogens is 302 g/mol. The molecule has 2 aromatic rings. The van der Waals surface area contributed by atoms with Gasteiger partial charge < -0.3 is 10.1 Å². The molecule has 0 aliphatic rings. The van der Waals surface area contributed by atoms with E-state index in [9.17, 15) is 0 Å². The monoisotopic (exact) mass is 319 g/mol. The molecule has 0 fully saturated rings. The summed E-state index contributed by atoms with van der Waals surface area (Å²) < 4.78 is 5.55. The minimum atomic E-state index is 0.685. The molecule has 0 amide bonds. The van der Waals surface area contributed by atoms with Gasteiger partial charge in [-0.2, -0.15) is 0 Å². The molecule has 0 bridgehead atoms. The van der Waals surface area contributed by atoms with Gasteiger partial charge in [-0.05, 0) is 48.4 Å². The standard InChI is InChI=1S/C17H18ClNOS/c1-2-11-20-16-9-5-14(6-10-16)17(21)19-12-13-3-7-15(18)8-4-13/h3-10H,2,11-12H2,1H3,(H,19,21). The molecule has 1 N–H and O–H groups in total. The molecule has 2 rings (SSSR count). The molecule has 0 spiro atoms. The Morgan fingerprint density at radius 3 is 2.38 bits per heavy atom. The molecule has 0 unspecified atom stereocenters. The van der Waals surface area contributed by atoms with Crippen LogP contribution in [0.5, 0.6) is 5.75 Å². The zero-order valence-electron chi connectivity index (χ0n) is 11.9. The van der Waals surface area contributed by atoms with Gasteiger partial charge in [-0.15, -0.1) is 0 Å². The lowest BCUT2D eigenvalue weighted by molar-refractivity contribution is 0.317. The summed E-state index contributed by atoms with van der Waals surface area (Å²) in [6.07, 6.45) is 1.00. The first-order valence-electron chi connectivity index (χ1n) is 6.94. The topological polar surface area (TPSA) is 21.3 Å². The number of ether oxygens (including phenoxy) is 1. The number of nitrogens with one attached hydrogen (secondary N) is 1. The average Bonchev–Trinajstić information content (AvgIpc) is 2.52. The minimum Gasteiger partial charge on any atom is -0.494 e. The van der Waals surface area contributed by atoms with Crippen molar-refractivity contribution in [1.82, 2.24) is 5.32 Å². The Labute approximate surface area is 136 Å². The van der Waals surface area contributed by atoms with E-state index in [0.29, 0.717) is 6.54 Å². The maximum Gasteiger partial charge on any atom is 0.119 e. The highest BCUT2D eigenvalue weighted by Gasteiger charge is 2.02. The Hall–Kier alpha value is -1.58. The zero-order chi connectivity index (χ0) is 15.1. The SMILES string of the molecule is CCCOc1ccc(C(=S)NCc2ccc(Cl)cc2)cc1. The van der Waals surface area contributed by atoms with E-state index in [1.165, 1.54) is 0 Å². The number of thiocarbonyl (C=S) groups is 1. The van der Waals surface area contributed by atoms with Crippen molar-refractivity contribution in [2.24, 2.45) is 0 Å². The fourth-order valence-corrected chi connectivity index (χ4v) is 2.14. The van der Waals surface area contributed by atoms with Gasteiger partial charge in [0.15, 0.2) is 0 Å². The Balaban J connectivity index is 1.89. The molecule has 21 heavy (non-hydrogen) atoms. The third kappa shape index (κ3) is 5.03. The smallest absolute Gasteiger partial charge is 0.119 e. The Morgan fingerprint density at radius 1 is 1.10 bits per heavy atom. The van der Waals surface area contributed by atoms with E-state index in [1.54, 1.807) is 0 Å². The first-order chi connectivity index (χ1) is 10.2. The second-order valence-electron chi connectivity index (χ2n) is 4.68. The molecule has 0 aliphatic carbocycles. The van der Waals surface area contributed by atoms with Gasteiger partial charge in [-0.3, -0.25) is 0 Å². The first kappa shape index (κ1) is 15.8.